The molecule has 1 N–H and O–H groups in total. The second-order valence-corrected chi connectivity index (χ2v) is 12.3. The van der Waals surface area contributed by atoms with E-state index in [1.54, 1.807) is 0 Å². The van der Waals surface area contributed by atoms with Crippen LogP contribution in [-0.4, -0.2) is 20.6 Å². The average Bonchev–Trinajstić information content (AvgIpc) is 3.18. The molecule has 0 saturated heterocycles. The molecule has 0 amide bonds. The first-order valence-electron chi connectivity index (χ1n) is 14.8. The van der Waals surface area contributed by atoms with Gasteiger partial charge >= 0.3 is 5.97 Å². The van der Waals surface area contributed by atoms with Gasteiger partial charge in [-0.15, -0.1) is 0 Å². The monoisotopic (exact) mass is 620 g/mol. The lowest BCUT2D eigenvalue weighted by molar-refractivity contribution is -0.141. The number of carboxylic acids is 1. The van der Waals surface area contributed by atoms with Crippen LogP contribution in [0.3, 0.4) is 0 Å². The van der Waals surface area contributed by atoms with Crippen molar-refractivity contribution < 1.29 is 14.6 Å². The van der Waals surface area contributed by atoms with Crippen LogP contribution in [0, 0.1) is 5.92 Å². The number of pyridine rings is 1. The number of fused-ring (bicyclic) bond motifs is 4. The number of aromatic nitrogens is 2. The quantitative estimate of drug-likeness (QED) is 0.181. The molecule has 7 heteroatoms. The molecule has 220 valence electrons. The number of hydrogen-bond acceptors (Lipinski definition) is 3. The second kappa shape index (κ2) is 12.0. The number of carbonyl (C=O) groups is 1. The summed E-state index contributed by atoms with van der Waals surface area (Å²) in [6, 6.07) is 34.1. The summed E-state index contributed by atoms with van der Waals surface area (Å²) in [5.74, 6) is -0.484. The Balaban J connectivity index is 1.34. The van der Waals surface area contributed by atoms with Crippen molar-refractivity contribution in [3.8, 4) is 5.75 Å². The standard InChI is InChI=1S/C37H30Cl2N2O3/c38-27-11-5-23(6-12-27)21-41-34-18-16-30(44-22-29-15-9-25-3-1-2-4-33(25)40-29)20-32(34)36-31(24-7-13-28(39)14-8-24)17-10-26(37(42)43)19-35(36)41/h1-9,11-16,18,20,26,31H,10,17,19,21-22H2,(H,42,43). The Morgan fingerprint density at radius 3 is 2.41 bits per heavy atom. The van der Waals surface area contributed by atoms with Gasteiger partial charge in [0.15, 0.2) is 0 Å². The Labute approximate surface area is 265 Å². The summed E-state index contributed by atoms with van der Waals surface area (Å²) in [4.78, 5) is 17.2. The van der Waals surface area contributed by atoms with Crippen LogP contribution >= 0.6 is 23.2 Å². The maximum Gasteiger partial charge on any atom is 0.306 e. The highest BCUT2D eigenvalue weighted by Gasteiger charge is 2.33. The van der Waals surface area contributed by atoms with Gasteiger partial charge in [0.1, 0.15) is 12.4 Å². The molecular formula is C37H30Cl2N2O3. The zero-order valence-electron chi connectivity index (χ0n) is 23.9. The molecule has 2 aromatic heterocycles. The molecule has 1 aliphatic rings. The van der Waals surface area contributed by atoms with Crippen molar-refractivity contribution in [3.05, 3.63) is 141 Å². The summed E-state index contributed by atoms with van der Waals surface area (Å²) in [5, 5.41) is 13.7. The number of para-hydroxylation sites is 1. The van der Waals surface area contributed by atoms with Crippen LogP contribution in [0.5, 0.6) is 5.75 Å². The number of ether oxygens (including phenoxy) is 1. The number of benzene rings is 4. The summed E-state index contributed by atoms with van der Waals surface area (Å²) in [5.41, 5.74) is 7.27. The van der Waals surface area contributed by atoms with E-state index in [4.69, 9.17) is 32.9 Å². The Hall–Kier alpha value is -4.32. The molecule has 0 spiro atoms. The maximum atomic E-state index is 12.4. The molecule has 0 fully saturated rings. The van der Waals surface area contributed by atoms with Gasteiger partial charge in [0.05, 0.1) is 17.1 Å². The Bertz CT molecular complexity index is 1980. The van der Waals surface area contributed by atoms with Gasteiger partial charge in [-0.3, -0.25) is 4.79 Å². The zero-order valence-corrected chi connectivity index (χ0v) is 25.4. The first kappa shape index (κ1) is 28.5. The van der Waals surface area contributed by atoms with Crippen molar-refractivity contribution in [1.29, 1.82) is 0 Å². The Kier molecular flexibility index (Phi) is 7.75. The lowest BCUT2D eigenvalue weighted by Crippen LogP contribution is -2.17. The average molecular weight is 622 g/mol. The fourth-order valence-corrected chi connectivity index (χ4v) is 6.75. The van der Waals surface area contributed by atoms with E-state index >= 15 is 0 Å². The van der Waals surface area contributed by atoms with Crippen molar-refractivity contribution in [3.63, 3.8) is 0 Å². The smallest absolute Gasteiger partial charge is 0.306 e. The number of nitrogens with zero attached hydrogens (tertiary/aromatic N) is 2. The minimum Gasteiger partial charge on any atom is -0.487 e. The molecule has 0 radical (unpaired) electrons. The molecule has 4 aromatic carbocycles. The van der Waals surface area contributed by atoms with Crippen molar-refractivity contribution in [1.82, 2.24) is 9.55 Å². The van der Waals surface area contributed by atoms with Crippen LogP contribution in [0.1, 0.15) is 46.8 Å². The molecule has 44 heavy (non-hydrogen) atoms. The van der Waals surface area contributed by atoms with Crippen LogP contribution in [-0.2, 0) is 24.4 Å². The highest BCUT2D eigenvalue weighted by atomic mass is 35.5. The Morgan fingerprint density at radius 1 is 0.886 bits per heavy atom. The van der Waals surface area contributed by atoms with E-state index in [0.29, 0.717) is 36.0 Å². The maximum absolute atomic E-state index is 12.4. The van der Waals surface area contributed by atoms with Gasteiger partial charge in [-0.2, -0.15) is 0 Å². The predicted molar refractivity (Wildman–Crippen MR) is 176 cm³/mol. The molecular weight excluding hydrogens is 591 g/mol. The summed E-state index contributed by atoms with van der Waals surface area (Å²) in [6.45, 7) is 0.940. The van der Waals surface area contributed by atoms with E-state index in [2.05, 4.69) is 34.9 Å². The van der Waals surface area contributed by atoms with E-state index in [-0.39, 0.29) is 5.92 Å². The van der Waals surface area contributed by atoms with E-state index in [1.165, 1.54) is 0 Å². The van der Waals surface area contributed by atoms with E-state index < -0.39 is 11.9 Å². The molecule has 6 aromatic rings. The summed E-state index contributed by atoms with van der Waals surface area (Å²) >= 11 is 12.5. The first-order chi connectivity index (χ1) is 21.4. The number of hydrogen-bond donors (Lipinski definition) is 1. The molecule has 0 aliphatic heterocycles. The van der Waals surface area contributed by atoms with Gasteiger partial charge in [-0.1, -0.05) is 71.7 Å². The molecule has 2 atom stereocenters. The lowest BCUT2D eigenvalue weighted by Gasteiger charge is -2.17. The summed E-state index contributed by atoms with van der Waals surface area (Å²) < 4.78 is 8.61. The first-order valence-corrected chi connectivity index (χ1v) is 15.5. The third-order valence-corrected chi connectivity index (χ3v) is 9.20. The highest BCUT2D eigenvalue weighted by Crippen LogP contribution is 2.44. The molecule has 1 aliphatic carbocycles. The van der Waals surface area contributed by atoms with Crippen molar-refractivity contribution in [2.75, 3.05) is 0 Å². The van der Waals surface area contributed by atoms with Crippen molar-refractivity contribution >= 4 is 51.0 Å². The molecule has 2 unspecified atom stereocenters. The fraction of sp³-hybridized carbons (Fsp3) is 0.189. The zero-order chi connectivity index (χ0) is 30.2. The molecule has 0 bridgehead atoms. The number of rotatable bonds is 7. The van der Waals surface area contributed by atoms with Gasteiger partial charge in [0, 0.05) is 50.9 Å². The van der Waals surface area contributed by atoms with Crippen LogP contribution in [0.25, 0.3) is 21.8 Å². The highest BCUT2D eigenvalue weighted by molar-refractivity contribution is 6.30. The van der Waals surface area contributed by atoms with Gasteiger partial charge in [-0.05, 0) is 84.1 Å². The Morgan fingerprint density at radius 2 is 1.64 bits per heavy atom. The largest absolute Gasteiger partial charge is 0.487 e. The predicted octanol–water partition coefficient (Wildman–Crippen LogP) is 9.29. The van der Waals surface area contributed by atoms with Gasteiger partial charge < -0.3 is 14.4 Å². The SMILES string of the molecule is O=C(O)C1CCC(c2ccc(Cl)cc2)c2c(n(Cc3ccc(Cl)cc3)c3ccc(OCc4ccc5ccccc5n4)cc23)C1. The normalized spacial score (nSPS) is 16.5. The van der Waals surface area contributed by atoms with Gasteiger partial charge in [-0.25, -0.2) is 4.98 Å². The van der Waals surface area contributed by atoms with Gasteiger partial charge in [0.2, 0.25) is 0 Å². The molecule has 2 heterocycles. The summed E-state index contributed by atoms with van der Waals surface area (Å²) in [6.07, 6.45) is 1.76. The second-order valence-electron chi connectivity index (χ2n) is 11.5. The van der Waals surface area contributed by atoms with Crippen molar-refractivity contribution in [2.45, 2.75) is 38.3 Å². The van der Waals surface area contributed by atoms with Crippen LogP contribution in [0.4, 0.5) is 0 Å². The van der Waals surface area contributed by atoms with Crippen LogP contribution in [0.2, 0.25) is 10.0 Å². The van der Waals surface area contributed by atoms with Crippen molar-refractivity contribution in [2.24, 2.45) is 5.92 Å². The third-order valence-electron chi connectivity index (χ3n) is 8.70. The third kappa shape index (κ3) is 5.66. The molecule has 0 saturated carbocycles. The van der Waals surface area contributed by atoms with Crippen LogP contribution in [0.15, 0.2) is 103 Å². The van der Waals surface area contributed by atoms with Gasteiger partial charge in [0.25, 0.3) is 0 Å². The minimum absolute atomic E-state index is 0.0120. The number of carboxylic acid groups (broad SMARTS) is 1. The number of aliphatic carboxylic acids is 1. The van der Waals surface area contributed by atoms with E-state index in [1.807, 2.05) is 72.8 Å². The van der Waals surface area contributed by atoms with Crippen LogP contribution < -0.4 is 4.74 Å². The number of halogens is 2. The molecule has 5 nitrogen and oxygen atoms in total. The summed E-state index contributed by atoms with van der Waals surface area (Å²) in [7, 11) is 0. The fourth-order valence-electron chi connectivity index (χ4n) is 6.50. The minimum atomic E-state index is -0.761. The lowest BCUT2D eigenvalue weighted by atomic mass is 9.87. The van der Waals surface area contributed by atoms with E-state index in [9.17, 15) is 9.90 Å². The van der Waals surface area contributed by atoms with E-state index in [0.717, 1.165) is 62.1 Å². The molecule has 7 rings (SSSR count). The topological polar surface area (TPSA) is 64.3 Å².